The summed E-state index contributed by atoms with van der Waals surface area (Å²) in [6, 6.07) is 18.4. The van der Waals surface area contributed by atoms with Crippen LogP contribution in [0.4, 0.5) is 0 Å². The van der Waals surface area contributed by atoms with Crippen LogP contribution in [0.2, 0.25) is 0 Å². The van der Waals surface area contributed by atoms with E-state index in [-0.39, 0.29) is 5.91 Å². The standard InChI is InChI=1S/C23H25N3O2/c1-17-8-10-19(11-9-17)16-25-12-14-26(15-13-25)23(27)21-18(2)28-24-22(21)20-6-4-3-5-7-20/h3-11H,12-16H2,1-2H3. The Hall–Kier alpha value is -2.92. The van der Waals surface area contributed by atoms with Gasteiger partial charge in [0.05, 0.1) is 0 Å². The van der Waals surface area contributed by atoms with E-state index in [2.05, 4.69) is 41.2 Å². The number of carbonyl (C=O) groups is 1. The summed E-state index contributed by atoms with van der Waals surface area (Å²) in [5.41, 5.74) is 4.70. The first-order valence-corrected chi connectivity index (χ1v) is 9.70. The number of hydrogen-bond acceptors (Lipinski definition) is 4. The maximum absolute atomic E-state index is 13.2. The molecule has 1 aliphatic heterocycles. The molecule has 2 aromatic carbocycles. The maximum Gasteiger partial charge on any atom is 0.259 e. The van der Waals surface area contributed by atoms with Crippen LogP contribution in [0.15, 0.2) is 59.1 Å². The minimum absolute atomic E-state index is 0.00703. The summed E-state index contributed by atoms with van der Waals surface area (Å²) in [6.07, 6.45) is 0. The van der Waals surface area contributed by atoms with Gasteiger partial charge in [0.2, 0.25) is 0 Å². The lowest BCUT2D eigenvalue weighted by Crippen LogP contribution is -2.48. The van der Waals surface area contributed by atoms with Gasteiger partial charge in [-0.2, -0.15) is 0 Å². The molecule has 5 heteroatoms. The highest BCUT2D eigenvalue weighted by Crippen LogP contribution is 2.26. The highest BCUT2D eigenvalue weighted by Gasteiger charge is 2.28. The predicted octanol–water partition coefficient (Wildman–Crippen LogP) is 3.92. The summed E-state index contributed by atoms with van der Waals surface area (Å²) in [5, 5.41) is 4.15. The zero-order valence-electron chi connectivity index (χ0n) is 16.4. The molecule has 0 aliphatic carbocycles. The van der Waals surface area contributed by atoms with Gasteiger partial charge in [-0.1, -0.05) is 65.3 Å². The molecule has 1 aliphatic rings. The maximum atomic E-state index is 13.2. The molecule has 0 saturated carbocycles. The Morgan fingerprint density at radius 2 is 1.64 bits per heavy atom. The third-order valence-corrected chi connectivity index (χ3v) is 5.31. The van der Waals surface area contributed by atoms with Crippen LogP contribution in [0.5, 0.6) is 0 Å². The van der Waals surface area contributed by atoms with Crippen molar-refractivity contribution in [2.45, 2.75) is 20.4 Å². The average molecular weight is 375 g/mol. The van der Waals surface area contributed by atoms with Crippen LogP contribution >= 0.6 is 0 Å². The molecule has 0 N–H and O–H groups in total. The van der Waals surface area contributed by atoms with E-state index in [1.54, 1.807) is 6.92 Å². The lowest BCUT2D eigenvalue weighted by molar-refractivity contribution is 0.0627. The van der Waals surface area contributed by atoms with Crippen molar-refractivity contribution < 1.29 is 9.32 Å². The molecule has 1 aromatic heterocycles. The summed E-state index contributed by atoms with van der Waals surface area (Å²) >= 11 is 0. The van der Waals surface area contributed by atoms with Gasteiger partial charge in [0, 0.05) is 38.3 Å². The summed E-state index contributed by atoms with van der Waals surface area (Å²) in [5.74, 6) is 0.582. The van der Waals surface area contributed by atoms with Gasteiger partial charge in [-0.25, -0.2) is 0 Å². The number of benzene rings is 2. The molecule has 2 heterocycles. The lowest BCUT2D eigenvalue weighted by Gasteiger charge is -2.34. The number of piperazine rings is 1. The molecule has 5 nitrogen and oxygen atoms in total. The smallest absolute Gasteiger partial charge is 0.259 e. The van der Waals surface area contributed by atoms with E-state index in [0.29, 0.717) is 30.1 Å². The van der Waals surface area contributed by atoms with Crippen LogP contribution in [-0.2, 0) is 6.54 Å². The topological polar surface area (TPSA) is 49.6 Å². The molecule has 0 unspecified atom stereocenters. The largest absolute Gasteiger partial charge is 0.360 e. The molecule has 3 aromatic rings. The number of amides is 1. The second-order valence-electron chi connectivity index (χ2n) is 7.38. The SMILES string of the molecule is Cc1ccc(CN2CCN(C(=O)c3c(-c4ccccc4)noc3C)CC2)cc1. The fourth-order valence-electron chi connectivity index (χ4n) is 3.64. The van der Waals surface area contributed by atoms with Gasteiger partial charge in [0.15, 0.2) is 0 Å². The van der Waals surface area contributed by atoms with Crippen molar-refractivity contribution in [2.24, 2.45) is 0 Å². The summed E-state index contributed by atoms with van der Waals surface area (Å²) in [4.78, 5) is 17.5. The number of aryl methyl sites for hydroxylation is 2. The zero-order valence-corrected chi connectivity index (χ0v) is 16.4. The Bertz CT molecular complexity index is 940. The number of rotatable bonds is 4. The molecule has 1 amide bonds. The van der Waals surface area contributed by atoms with Crippen molar-refractivity contribution in [3.8, 4) is 11.3 Å². The summed E-state index contributed by atoms with van der Waals surface area (Å²) < 4.78 is 5.36. The molecule has 4 rings (SSSR count). The molecule has 0 radical (unpaired) electrons. The van der Waals surface area contributed by atoms with Gasteiger partial charge in [0.25, 0.3) is 5.91 Å². The molecule has 144 valence electrons. The van der Waals surface area contributed by atoms with Crippen molar-refractivity contribution >= 4 is 5.91 Å². The van der Waals surface area contributed by atoms with Crippen LogP contribution in [0.1, 0.15) is 27.2 Å². The van der Waals surface area contributed by atoms with Crippen molar-refractivity contribution in [3.63, 3.8) is 0 Å². The van der Waals surface area contributed by atoms with Gasteiger partial charge in [0.1, 0.15) is 17.0 Å². The van der Waals surface area contributed by atoms with Crippen molar-refractivity contribution in [1.29, 1.82) is 0 Å². The zero-order chi connectivity index (χ0) is 19.5. The van der Waals surface area contributed by atoms with Crippen LogP contribution in [0.25, 0.3) is 11.3 Å². The number of nitrogens with zero attached hydrogens (tertiary/aromatic N) is 3. The van der Waals surface area contributed by atoms with Crippen LogP contribution < -0.4 is 0 Å². The molecule has 28 heavy (non-hydrogen) atoms. The van der Waals surface area contributed by atoms with Gasteiger partial charge in [-0.05, 0) is 19.4 Å². The van der Waals surface area contributed by atoms with E-state index in [0.717, 1.165) is 25.2 Å². The highest BCUT2D eigenvalue weighted by molar-refractivity contribution is 6.00. The Balaban J connectivity index is 1.43. The molecular weight excluding hydrogens is 350 g/mol. The Kier molecular flexibility index (Phi) is 5.26. The molecule has 0 bridgehead atoms. The van der Waals surface area contributed by atoms with Gasteiger partial charge < -0.3 is 9.42 Å². The monoisotopic (exact) mass is 375 g/mol. The molecule has 1 fully saturated rings. The Morgan fingerprint density at radius 1 is 0.964 bits per heavy atom. The van der Waals surface area contributed by atoms with Crippen molar-refractivity contribution in [2.75, 3.05) is 26.2 Å². The number of carbonyl (C=O) groups excluding carboxylic acids is 1. The van der Waals surface area contributed by atoms with Gasteiger partial charge >= 0.3 is 0 Å². The molecule has 1 saturated heterocycles. The summed E-state index contributed by atoms with van der Waals surface area (Å²) in [6.45, 7) is 7.98. The third kappa shape index (κ3) is 3.85. The van der Waals surface area contributed by atoms with E-state index in [1.807, 2.05) is 35.2 Å². The van der Waals surface area contributed by atoms with E-state index >= 15 is 0 Å². The average Bonchev–Trinajstić information content (AvgIpc) is 3.12. The predicted molar refractivity (Wildman–Crippen MR) is 109 cm³/mol. The molecular formula is C23H25N3O2. The second-order valence-corrected chi connectivity index (χ2v) is 7.38. The lowest BCUT2D eigenvalue weighted by atomic mass is 10.0. The van der Waals surface area contributed by atoms with Gasteiger partial charge in [-0.3, -0.25) is 9.69 Å². The summed E-state index contributed by atoms with van der Waals surface area (Å²) in [7, 11) is 0. The van der Waals surface area contributed by atoms with Crippen LogP contribution in [0, 0.1) is 13.8 Å². The molecule has 0 spiro atoms. The third-order valence-electron chi connectivity index (χ3n) is 5.31. The number of aromatic nitrogens is 1. The first-order chi connectivity index (χ1) is 13.6. The van der Waals surface area contributed by atoms with Crippen molar-refractivity contribution in [3.05, 3.63) is 77.0 Å². The van der Waals surface area contributed by atoms with E-state index < -0.39 is 0 Å². The fourth-order valence-corrected chi connectivity index (χ4v) is 3.64. The fraction of sp³-hybridized carbons (Fsp3) is 0.304. The molecule has 0 atom stereocenters. The quantitative estimate of drug-likeness (QED) is 0.694. The minimum Gasteiger partial charge on any atom is -0.360 e. The van der Waals surface area contributed by atoms with E-state index in [9.17, 15) is 4.79 Å². The normalized spacial score (nSPS) is 15.0. The van der Waals surface area contributed by atoms with E-state index in [1.165, 1.54) is 11.1 Å². The van der Waals surface area contributed by atoms with Crippen molar-refractivity contribution in [1.82, 2.24) is 15.0 Å². The first-order valence-electron chi connectivity index (χ1n) is 9.70. The Labute approximate surface area is 165 Å². The highest BCUT2D eigenvalue weighted by atomic mass is 16.5. The van der Waals surface area contributed by atoms with Crippen LogP contribution in [-0.4, -0.2) is 47.0 Å². The number of hydrogen-bond donors (Lipinski definition) is 0. The van der Waals surface area contributed by atoms with Gasteiger partial charge in [-0.15, -0.1) is 0 Å². The minimum atomic E-state index is 0.00703. The van der Waals surface area contributed by atoms with Crippen LogP contribution in [0.3, 0.4) is 0 Å². The first kappa shape index (κ1) is 18.4. The Morgan fingerprint density at radius 3 is 2.32 bits per heavy atom. The second kappa shape index (κ2) is 7.98. The van der Waals surface area contributed by atoms with E-state index in [4.69, 9.17) is 4.52 Å².